The molecule has 0 aromatic carbocycles. The van der Waals surface area contributed by atoms with E-state index in [1.54, 1.807) is 0 Å². The molecular formula is C15H30N2O. The molecule has 3 heteroatoms. The Labute approximate surface area is 112 Å². The van der Waals surface area contributed by atoms with Crippen molar-refractivity contribution in [2.24, 2.45) is 17.6 Å². The van der Waals surface area contributed by atoms with E-state index in [-0.39, 0.29) is 5.91 Å². The zero-order valence-corrected chi connectivity index (χ0v) is 12.5. The third-order valence-corrected chi connectivity index (χ3v) is 4.67. The Morgan fingerprint density at radius 3 is 2.50 bits per heavy atom. The van der Waals surface area contributed by atoms with Gasteiger partial charge in [-0.05, 0) is 44.4 Å². The van der Waals surface area contributed by atoms with Crippen molar-refractivity contribution in [3.05, 3.63) is 0 Å². The molecule has 1 rings (SSSR count). The number of carbonyl (C=O) groups excluding carboxylic acids is 1. The summed E-state index contributed by atoms with van der Waals surface area (Å²) in [6.07, 6.45) is 6.28. The van der Waals surface area contributed by atoms with Gasteiger partial charge < -0.3 is 11.1 Å². The first-order valence-electron chi connectivity index (χ1n) is 7.49. The topological polar surface area (TPSA) is 55.1 Å². The van der Waals surface area contributed by atoms with Crippen LogP contribution in [0.25, 0.3) is 0 Å². The van der Waals surface area contributed by atoms with Gasteiger partial charge in [0.25, 0.3) is 0 Å². The van der Waals surface area contributed by atoms with Crippen LogP contribution in [0.3, 0.4) is 0 Å². The third-order valence-electron chi connectivity index (χ3n) is 4.67. The quantitative estimate of drug-likeness (QED) is 0.741. The van der Waals surface area contributed by atoms with E-state index in [1.807, 2.05) is 0 Å². The van der Waals surface area contributed by atoms with Crippen LogP contribution in [0.4, 0.5) is 0 Å². The monoisotopic (exact) mass is 254 g/mol. The van der Waals surface area contributed by atoms with Crippen LogP contribution < -0.4 is 11.1 Å². The summed E-state index contributed by atoms with van der Waals surface area (Å²) >= 11 is 0. The van der Waals surface area contributed by atoms with Crippen molar-refractivity contribution in [2.75, 3.05) is 0 Å². The highest BCUT2D eigenvalue weighted by Crippen LogP contribution is 2.34. The Bertz CT molecular complexity index is 278. The lowest BCUT2D eigenvalue weighted by Gasteiger charge is -2.34. The summed E-state index contributed by atoms with van der Waals surface area (Å²) in [7, 11) is 0. The Morgan fingerprint density at radius 2 is 2.00 bits per heavy atom. The Morgan fingerprint density at radius 1 is 1.33 bits per heavy atom. The molecule has 3 atom stereocenters. The summed E-state index contributed by atoms with van der Waals surface area (Å²) in [6.45, 7) is 8.84. The van der Waals surface area contributed by atoms with Crippen molar-refractivity contribution >= 4 is 5.91 Å². The zero-order chi connectivity index (χ0) is 13.8. The molecule has 1 saturated carbocycles. The summed E-state index contributed by atoms with van der Waals surface area (Å²) in [5, 5.41) is 3.51. The Kier molecular flexibility index (Phi) is 5.64. The predicted octanol–water partition coefficient (Wildman–Crippen LogP) is 2.83. The van der Waals surface area contributed by atoms with E-state index in [0.29, 0.717) is 12.0 Å². The highest BCUT2D eigenvalue weighted by atomic mass is 16.1. The van der Waals surface area contributed by atoms with E-state index in [9.17, 15) is 4.79 Å². The fourth-order valence-corrected chi connectivity index (χ4v) is 3.07. The first-order valence-corrected chi connectivity index (χ1v) is 7.49. The smallest absolute Gasteiger partial charge is 0.237 e. The van der Waals surface area contributed by atoms with Crippen LogP contribution in [0.2, 0.25) is 0 Å². The number of primary amides is 1. The van der Waals surface area contributed by atoms with Gasteiger partial charge in [0.15, 0.2) is 0 Å². The third kappa shape index (κ3) is 3.71. The normalized spacial score (nSPS) is 31.1. The number of amides is 1. The van der Waals surface area contributed by atoms with Crippen LogP contribution in [-0.4, -0.2) is 17.5 Å². The minimum atomic E-state index is -0.459. The van der Waals surface area contributed by atoms with Gasteiger partial charge in [0.1, 0.15) is 0 Å². The number of rotatable bonds is 5. The number of carbonyl (C=O) groups is 1. The van der Waals surface area contributed by atoms with Crippen LogP contribution in [0, 0.1) is 11.8 Å². The highest BCUT2D eigenvalue weighted by Gasteiger charge is 2.39. The van der Waals surface area contributed by atoms with Crippen LogP contribution in [-0.2, 0) is 4.79 Å². The van der Waals surface area contributed by atoms with Crippen LogP contribution >= 0.6 is 0 Å². The van der Waals surface area contributed by atoms with Gasteiger partial charge >= 0.3 is 0 Å². The number of nitrogens with two attached hydrogens (primary N) is 1. The zero-order valence-electron chi connectivity index (χ0n) is 12.5. The van der Waals surface area contributed by atoms with Crippen molar-refractivity contribution in [1.29, 1.82) is 0 Å². The minimum absolute atomic E-state index is 0.160. The lowest BCUT2D eigenvalue weighted by molar-refractivity contribution is -0.125. The largest absolute Gasteiger partial charge is 0.368 e. The van der Waals surface area contributed by atoms with E-state index < -0.39 is 5.54 Å². The van der Waals surface area contributed by atoms with Gasteiger partial charge in [-0.3, -0.25) is 4.79 Å². The molecule has 0 aliphatic heterocycles. The fourth-order valence-electron chi connectivity index (χ4n) is 3.07. The molecule has 0 spiro atoms. The summed E-state index contributed by atoms with van der Waals surface area (Å²) in [5.41, 5.74) is 5.24. The lowest BCUT2D eigenvalue weighted by atomic mass is 9.85. The van der Waals surface area contributed by atoms with E-state index in [0.717, 1.165) is 38.0 Å². The second-order valence-electron chi connectivity index (χ2n) is 6.33. The molecule has 0 bridgehead atoms. The van der Waals surface area contributed by atoms with Gasteiger partial charge in [-0.1, -0.05) is 33.6 Å². The van der Waals surface area contributed by atoms with Gasteiger partial charge in [-0.25, -0.2) is 0 Å². The van der Waals surface area contributed by atoms with E-state index >= 15 is 0 Å². The molecule has 1 aliphatic rings. The first kappa shape index (κ1) is 15.5. The van der Waals surface area contributed by atoms with E-state index in [2.05, 4.69) is 33.0 Å². The van der Waals surface area contributed by atoms with Crippen LogP contribution in [0.5, 0.6) is 0 Å². The molecular weight excluding hydrogens is 224 g/mol. The van der Waals surface area contributed by atoms with Crippen molar-refractivity contribution in [1.82, 2.24) is 5.32 Å². The van der Waals surface area contributed by atoms with Crippen molar-refractivity contribution in [2.45, 2.75) is 77.8 Å². The molecule has 0 aromatic heterocycles. The maximum atomic E-state index is 11.9. The number of hydrogen-bond acceptors (Lipinski definition) is 2. The number of hydrogen-bond donors (Lipinski definition) is 2. The lowest BCUT2D eigenvalue weighted by Crippen LogP contribution is -2.57. The highest BCUT2D eigenvalue weighted by molar-refractivity contribution is 5.84. The summed E-state index contributed by atoms with van der Waals surface area (Å²) in [4.78, 5) is 11.9. The molecule has 1 amide bonds. The first-order chi connectivity index (χ1) is 8.41. The SMILES string of the molecule is CCC(C)NC1(C(N)=O)CCCC(C(C)C)CC1. The van der Waals surface area contributed by atoms with Crippen molar-refractivity contribution < 1.29 is 4.79 Å². The maximum absolute atomic E-state index is 11.9. The van der Waals surface area contributed by atoms with Crippen molar-refractivity contribution in [3.63, 3.8) is 0 Å². The maximum Gasteiger partial charge on any atom is 0.237 e. The minimum Gasteiger partial charge on any atom is -0.368 e. The Hall–Kier alpha value is -0.570. The molecule has 1 fully saturated rings. The van der Waals surface area contributed by atoms with Crippen LogP contribution in [0.15, 0.2) is 0 Å². The molecule has 3 N–H and O–H groups in total. The van der Waals surface area contributed by atoms with E-state index in [1.165, 1.54) is 6.42 Å². The summed E-state index contributed by atoms with van der Waals surface area (Å²) in [6, 6.07) is 0.355. The van der Waals surface area contributed by atoms with E-state index in [4.69, 9.17) is 5.73 Å². The fraction of sp³-hybridized carbons (Fsp3) is 0.933. The van der Waals surface area contributed by atoms with Gasteiger partial charge in [0.2, 0.25) is 5.91 Å². The molecule has 0 radical (unpaired) electrons. The van der Waals surface area contributed by atoms with Gasteiger partial charge in [-0.2, -0.15) is 0 Å². The molecule has 18 heavy (non-hydrogen) atoms. The van der Waals surface area contributed by atoms with Gasteiger partial charge in [0, 0.05) is 6.04 Å². The predicted molar refractivity (Wildman–Crippen MR) is 76.2 cm³/mol. The molecule has 0 heterocycles. The second-order valence-corrected chi connectivity index (χ2v) is 6.33. The molecule has 0 saturated heterocycles. The average Bonchev–Trinajstić information content (AvgIpc) is 2.52. The van der Waals surface area contributed by atoms with Crippen molar-refractivity contribution in [3.8, 4) is 0 Å². The summed E-state index contributed by atoms with van der Waals surface area (Å²) in [5.74, 6) is 1.29. The molecule has 0 aromatic rings. The molecule has 1 aliphatic carbocycles. The Balaban J connectivity index is 2.76. The number of nitrogens with one attached hydrogen (secondary N) is 1. The standard InChI is InChI=1S/C15H30N2O/c1-5-12(4)17-15(14(16)18)9-6-7-13(8-10-15)11(2)3/h11-13,17H,5-10H2,1-4H3,(H2,16,18). The molecule has 3 nitrogen and oxygen atoms in total. The molecule has 106 valence electrons. The van der Waals surface area contributed by atoms with Gasteiger partial charge in [0.05, 0.1) is 5.54 Å². The average molecular weight is 254 g/mol. The van der Waals surface area contributed by atoms with Gasteiger partial charge in [-0.15, -0.1) is 0 Å². The second kappa shape index (κ2) is 6.55. The molecule has 3 unspecified atom stereocenters. The summed E-state index contributed by atoms with van der Waals surface area (Å²) < 4.78 is 0. The van der Waals surface area contributed by atoms with Crippen LogP contribution in [0.1, 0.15) is 66.2 Å².